The van der Waals surface area contributed by atoms with E-state index >= 15 is 0 Å². The summed E-state index contributed by atoms with van der Waals surface area (Å²) in [6, 6.07) is 7.79. The Balaban J connectivity index is 1.63. The molecule has 1 aliphatic heterocycles. The van der Waals surface area contributed by atoms with Gasteiger partial charge in [-0.1, -0.05) is 12.1 Å². The number of aromatic nitrogens is 2. The Hall–Kier alpha value is -2.37. The SMILES string of the molecule is CC1(C(=O)O)CCN(C(=O)CCn2cnc3ccccc32)C1. The lowest BCUT2D eigenvalue weighted by atomic mass is 9.90. The van der Waals surface area contributed by atoms with Crippen LogP contribution in [0.4, 0.5) is 0 Å². The van der Waals surface area contributed by atoms with Crippen molar-refractivity contribution >= 4 is 22.9 Å². The molecule has 6 nitrogen and oxygen atoms in total. The van der Waals surface area contributed by atoms with Crippen LogP contribution in [0.5, 0.6) is 0 Å². The Morgan fingerprint density at radius 1 is 1.36 bits per heavy atom. The molecule has 0 bridgehead atoms. The molecule has 1 fully saturated rings. The van der Waals surface area contributed by atoms with E-state index in [4.69, 9.17) is 0 Å². The molecule has 1 aliphatic rings. The van der Waals surface area contributed by atoms with Crippen LogP contribution in [0, 0.1) is 5.41 Å². The number of amides is 1. The van der Waals surface area contributed by atoms with Crippen LogP contribution >= 0.6 is 0 Å². The Bertz CT molecular complexity index is 724. The second kappa shape index (κ2) is 5.44. The van der Waals surface area contributed by atoms with Gasteiger partial charge in [0.15, 0.2) is 0 Å². The lowest BCUT2D eigenvalue weighted by molar-refractivity contribution is -0.147. The van der Waals surface area contributed by atoms with E-state index < -0.39 is 11.4 Å². The topological polar surface area (TPSA) is 75.4 Å². The van der Waals surface area contributed by atoms with Crippen molar-refractivity contribution in [2.75, 3.05) is 13.1 Å². The molecule has 3 rings (SSSR count). The molecule has 0 radical (unpaired) electrons. The number of carbonyl (C=O) groups is 2. The molecule has 1 aromatic carbocycles. The van der Waals surface area contributed by atoms with E-state index in [0.29, 0.717) is 32.5 Å². The van der Waals surface area contributed by atoms with E-state index in [1.807, 2.05) is 28.8 Å². The van der Waals surface area contributed by atoms with E-state index in [1.165, 1.54) is 0 Å². The first-order valence-electron chi connectivity index (χ1n) is 7.41. The average molecular weight is 301 g/mol. The van der Waals surface area contributed by atoms with Crippen LogP contribution in [0.3, 0.4) is 0 Å². The first-order valence-corrected chi connectivity index (χ1v) is 7.41. The van der Waals surface area contributed by atoms with Crippen LogP contribution in [-0.4, -0.2) is 44.5 Å². The van der Waals surface area contributed by atoms with Gasteiger partial charge in [-0.3, -0.25) is 9.59 Å². The Kier molecular flexibility index (Phi) is 3.60. The molecule has 6 heteroatoms. The van der Waals surface area contributed by atoms with Crippen molar-refractivity contribution in [3.05, 3.63) is 30.6 Å². The number of carboxylic acid groups (broad SMARTS) is 1. The number of nitrogens with zero attached hydrogens (tertiary/aromatic N) is 3. The molecule has 2 heterocycles. The predicted octanol–water partition coefficient (Wildman–Crippen LogP) is 1.75. The molecule has 1 saturated heterocycles. The smallest absolute Gasteiger partial charge is 0.311 e. The van der Waals surface area contributed by atoms with Crippen molar-refractivity contribution in [3.8, 4) is 0 Å². The molecule has 0 aliphatic carbocycles. The normalized spacial score (nSPS) is 21.4. The Labute approximate surface area is 128 Å². The highest BCUT2D eigenvalue weighted by molar-refractivity contribution is 5.80. The van der Waals surface area contributed by atoms with Gasteiger partial charge in [0.1, 0.15) is 0 Å². The Morgan fingerprint density at radius 2 is 2.14 bits per heavy atom. The summed E-state index contributed by atoms with van der Waals surface area (Å²) in [5.41, 5.74) is 1.11. The maximum atomic E-state index is 12.3. The molecule has 22 heavy (non-hydrogen) atoms. The second-order valence-electron chi connectivity index (χ2n) is 6.11. The van der Waals surface area contributed by atoms with Gasteiger partial charge < -0.3 is 14.6 Å². The molecule has 2 aromatic rings. The van der Waals surface area contributed by atoms with Gasteiger partial charge in [-0.05, 0) is 25.5 Å². The summed E-state index contributed by atoms with van der Waals surface area (Å²) in [6.45, 7) is 3.07. The van der Waals surface area contributed by atoms with Crippen LogP contribution in [0.2, 0.25) is 0 Å². The third-order valence-electron chi connectivity index (χ3n) is 4.44. The molecule has 0 spiro atoms. The number of hydrogen-bond donors (Lipinski definition) is 1. The lowest BCUT2D eigenvalue weighted by Gasteiger charge is -2.20. The quantitative estimate of drug-likeness (QED) is 0.933. The van der Waals surface area contributed by atoms with Crippen molar-refractivity contribution in [1.82, 2.24) is 14.5 Å². The van der Waals surface area contributed by atoms with Gasteiger partial charge in [-0.25, -0.2) is 4.98 Å². The molecule has 116 valence electrons. The van der Waals surface area contributed by atoms with Crippen molar-refractivity contribution in [1.29, 1.82) is 0 Å². The summed E-state index contributed by atoms with van der Waals surface area (Å²) in [5, 5.41) is 9.22. The minimum absolute atomic E-state index is 0.00255. The van der Waals surface area contributed by atoms with Crippen LogP contribution in [0.1, 0.15) is 19.8 Å². The molecule has 1 N–H and O–H groups in total. The zero-order valence-electron chi connectivity index (χ0n) is 12.5. The van der Waals surface area contributed by atoms with Gasteiger partial charge >= 0.3 is 5.97 Å². The van der Waals surface area contributed by atoms with Gasteiger partial charge in [0, 0.05) is 26.1 Å². The van der Waals surface area contributed by atoms with Gasteiger partial charge in [0.05, 0.1) is 22.8 Å². The summed E-state index contributed by atoms with van der Waals surface area (Å²) in [5.74, 6) is -0.828. The summed E-state index contributed by atoms with van der Waals surface area (Å²) < 4.78 is 1.96. The van der Waals surface area contributed by atoms with E-state index in [-0.39, 0.29) is 5.91 Å². The van der Waals surface area contributed by atoms with E-state index in [0.717, 1.165) is 11.0 Å². The maximum absolute atomic E-state index is 12.3. The maximum Gasteiger partial charge on any atom is 0.311 e. The zero-order valence-corrected chi connectivity index (χ0v) is 12.5. The molecule has 1 atom stereocenters. The number of para-hydroxylation sites is 2. The minimum atomic E-state index is -0.830. The molecule has 1 amide bonds. The summed E-state index contributed by atoms with van der Waals surface area (Å²) in [4.78, 5) is 29.5. The number of benzene rings is 1. The van der Waals surface area contributed by atoms with Gasteiger partial charge in [0.2, 0.25) is 5.91 Å². The number of likely N-dealkylation sites (tertiary alicyclic amines) is 1. The minimum Gasteiger partial charge on any atom is -0.481 e. The summed E-state index contributed by atoms with van der Waals surface area (Å²) >= 11 is 0. The highest BCUT2D eigenvalue weighted by Crippen LogP contribution is 2.30. The number of fused-ring (bicyclic) bond motifs is 1. The Morgan fingerprint density at radius 3 is 2.86 bits per heavy atom. The highest BCUT2D eigenvalue weighted by atomic mass is 16.4. The number of aliphatic carboxylic acids is 1. The van der Waals surface area contributed by atoms with Crippen LogP contribution in [0.25, 0.3) is 11.0 Å². The third-order valence-corrected chi connectivity index (χ3v) is 4.44. The molecular weight excluding hydrogens is 282 g/mol. The first-order chi connectivity index (χ1) is 10.5. The summed E-state index contributed by atoms with van der Waals surface area (Å²) in [7, 11) is 0. The summed E-state index contributed by atoms with van der Waals surface area (Å²) in [6.07, 6.45) is 2.61. The number of aryl methyl sites for hydroxylation is 1. The van der Waals surface area contributed by atoms with Crippen molar-refractivity contribution in [3.63, 3.8) is 0 Å². The lowest BCUT2D eigenvalue weighted by Crippen LogP contribution is -2.35. The zero-order chi connectivity index (χ0) is 15.7. The fraction of sp³-hybridized carbons (Fsp3) is 0.438. The van der Waals surface area contributed by atoms with Crippen LogP contribution in [-0.2, 0) is 16.1 Å². The monoisotopic (exact) mass is 301 g/mol. The molecule has 1 aromatic heterocycles. The van der Waals surface area contributed by atoms with E-state index in [2.05, 4.69) is 4.98 Å². The third kappa shape index (κ3) is 2.56. The standard InChI is InChI=1S/C16H19N3O3/c1-16(15(21)22)7-9-18(10-16)14(20)6-8-19-11-17-12-4-2-3-5-13(12)19/h2-5,11H,6-10H2,1H3,(H,21,22). The van der Waals surface area contributed by atoms with Gasteiger partial charge in [-0.15, -0.1) is 0 Å². The number of hydrogen-bond acceptors (Lipinski definition) is 3. The highest BCUT2D eigenvalue weighted by Gasteiger charge is 2.41. The fourth-order valence-electron chi connectivity index (χ4n) is 2.91. The predicted molar refractivity (Wildman–Crippen MR) is 81.3 cm³/mol. The number of carboxylic acids is 1. The van der Waals surface area contributed by atoms with Gasteiger partial charge in [0.25, 0.3) is 0 Å². The van der Waals surface area contributed by atoms with E-state index in [9.17, 15) is 14.7 Å². The average Bonchev–Trinajstić information content (AvgIpc) is 3.10. The fourth-order valence-corrected chi connectivity index (χ4v) is 2.91. The van der Waals surface area contributed by atoms with Crippen molar-refractivity contribution < 1.29 is 14.7 Å². The van der Waals surface area contributed by atoms with Crippen molar-refractivity contribution in [2.45, 2.75) is 26.3 Å². The molecule has 1 unspecified atom stereocenters. The number of carbonyl (C=O) groups excluding carboxylic acids is 1. The largest absolute Gasteiger partial charge is 0.481 e. The van der Waals surface area contributed by atoms with Crippen molar-refractivity contribution in [2.24, 2.45) is 5.41 Å². The number of rotatable bonds is 4. The second-order valence-corrected chi connectivity index (χ2v) is 6.11. The van der Waals surface area contributed by atoms with Crippen LogP contribution < -0.4 is 0 Å². The number of imidazole rings is 1. The van der Waals surface area contributed by atoms with Gasteiger partial charge in [-0.2, -0.15) is 0 Å². The first kappa shape index (κ1) is 14.6. The molecular formula is C16H19N3O3. The van der Waals surface area contributed by atoms with Crippen LogP contribution in [0.15, 0.2) is 30.6 Å². The molecule has 0 saturated carbocycles. The van der Waals surface area contributed by atoms with E-state index in [1.54, 1.807) is 18.2 Å².